The highest BCUT2D eigenvalue weighted by Crippen LogP contribution is 2.25. The van der Waals surface area contributed by atoms with Gasteiger partial charge >= 0.3 is 0 Å². The Hall–Kier alpha value is -2.38. The minimum Gasteiger partial charge on any atom is -0.411 e. The standard InChI is InChI=1S/C17H13ClFN3O2S/c1-10-4-2-3-5-12(10)16-21-22-17(24-16)25-9-15(23)20-11-6-7-14(19)13(18)8-11/h2-8H,9H2,1H3,(H,20,23). The highest BCUT2D eigenvalue weighted by molar-refractivity contribution is 7.99. The van der Waals surface area contributed by atoms with E-state index in [9.17, 15) is 9.18 Å². The molecule has 0 spiro atoms. The van der Waals surface area contributed by atoms with E-state index in [1.54, 1.807) is 0 Å². The van der Waals surface area contributed by atoms with E-state index in [1.165, 1.54) is 18.2 Å². The molecule has 5 nitrogen and oxygen atoms in total. The Bertz CT molecular complexity index is 916. The van der Waals surface area contributed by atoms with Gasteiger partial charge in [0.05, 0.1) is 10.8 Å². The van der Waals surface area contributed by atoms with Crippen LogP contribution in [0, 0.1) is 12.7 Å². The summed E-state index contributed by atoms with van der Waals surface area (Å²) in [4.78, 5) is 12.0. The number of carbonyl (C=O) groups is 1. The molecule has 0 radical (unpaired) electrons. The Balaban J connectivity index is 1.59. The van der Waals surface area contributed by atoms with Gasteiger partial charge in [0.15, 0.2) is 0 Å². The Morgan fingerprint density at radius 3 is 2.84 bits per heavy atom. The van der Waals surface area contributed by atoms with Crippen molar-refractivity contribution in [3.05, 3.63) is 58.9 Å². The number of nitrogens with one attached hydrogen (secondary N) is 1. The topological polar surface area (TPSA) is 68.0 Å². The van der Waals surface area contributed by atoms with Crippen molar-refractivity contribution in [3.63, 3.8) is 0 Å². The molecule has 0 saturated carbocycles. The van der Waals surface area contributed by atoms with Crippen LogP contribution in [0.4, 0.5) is 10.1 Å². The predicted octanol–water partition coefficient (Wildman–Crippen LogP) is 4.57. The van der Waals surface area contributed by atoms with Crippen molar-refractivity contribution in [2.24, 2.45) is 0 Å². The summed E-state index contributed by atoms with van der Waals surface area (Å²) in [7, 11) is 0. The van der Waals surface area contributed by atoms with Gasteiger partial charge in [-0.3, -0.25) is 4.79 Å². The molecule has 1 aromatic heterocycles. The van der Waals surface area contributed by atoms with E-state index < -0.39 is 5.82 Å². The number of benzene rings is 2. The Morgan fingerprint density at radius 1 is 1.28 bits per heavy atom. The number of rotatable bonds is 5. The number of aryl methyl sites for hydroxylation is 1. The molecule has 0 atom stereocenters. The Kier molecular flexibility index (Phi) is 5.35. The third-order valence-corrected chi connectivity index (χ3v) is 4.42. The van der Waals surface area contributed by atoms with Gasteiger partial charge in [0.2, 0.25) is 11.8 Å². The number of nitrogens with zero attached hydrogens (tertiary/aromatic N) is 2. The van der Waals surface area contributed by atoms with Crippen LogP contribution in [0.1, 0.15) is 5.56 Å². The molecular formula is C17H13ClFN3O2S. The van der Waals surface area contributed by atoms with E-state index in [2.05, 4.69) is 15.5 Å². The van der Waals surface area contributed by atoms with Crippen molar-refractivity contribution < 1.29 is 13.6 Å². The van der Waals surface area contributed by atoms with Crippen LogP contribution in [0.3, 0.4) is 0 Å². The maximum absolute atomic E-state index is 13.1. The van der Waals surface area contributed by atoms with Gasteiger partial charge in [-0.1, -0.05) is 41.6 Å². The first-order valence-corrected chi connectivity index (χ1v) is 8.66. The van der Waals surface area contributed by atoms with Gasteiger partial charge in [0.1, 0.15) is 5.82 Å². The summed E-state index contributed by atoms with van der Waals surface area (Å²) in [5.74, 6) is -0.344. The number of hydrogen-bond donors (Lipinski definition) is 1. The van der Waals surface area contributed by atoms with Gasteiger partial charge in [-0.15, -0.1) is 10.2 Å². The summed E-state index contributed by atoms with van der Waals surface area (Å²) in [6.07, 6.45) is 0. The number of amides is 1. The molecule has 1 amide bonds. The van der Waals surface area contributed by atoms with E-state index in [-0.39, 0.29) is 16.7 Å². The fourth-order valence-corrected chi connectivity index (χ4v) is 2.83. The first-order chi connectivity index (χ1) is 12.0. The molecule has 0 fully saturated rings. The second-order valence-electron chi connectivity index (χ2n) is 5.15. The number of halogens is 2. The molecule has 2 aromatic carbocycles. The quantitative estimate of drug-likeness (QED) is 0.660. The first kappa shape index (κ1) is 17.4. The summed E-state index contributed by atoms with van der Waals surface area (Å²) < 4.78 is 18.7. The molecule has 0 saturated heterocycles. The Morgan fingerprint density at radius 2 is 2.08 bits per heavy atom. The lowest BCUT2D eigenvalue weighted by Gasteiger charge is -2.04. The van der Waals surface area contributed by atoms with Crippen molar-refractivity contribution in [2.75, 3.05) is 11.1 Å². The lowest BCUT2D eigenvalue weighted by atomic mass is 10.1. The normalized spacial score (nSPS) is 10.7. The van der Waals surface area contributed by atoms with Gasteiger partial charge in [0.25, 0.3) is 5.22 Å². The molecule has 0 aliphatic carbocycles. The number of carbonyl (C=O) groups excluding carboxylic acids is 1. The van der Waals surface area contributed by atoms with Crippen LogP contribution in [-0.4, -0.2) is 21.9 Å². The lowest BCUT2D eigenvalue weighted by molar-refractivity contribution is -0.113. The fraction of sp³-hybridized carbons (Fsp3) is 0.118. The van der Waals surface area contributed by atoms with Crippen LogP contribution in [0.25, 0.3) is 11.5 Å². The predicted molar refractivity (Wildman–Crippen MR) is 95.2 cm³/mol. The molecule has 0 aliphatic rings. The zero-order valence-electron chi connectivity index (χ0n) is 13.1. The van der Waals surface area contributed by atoms with Crippen LogP contribution in [0.15, 0.2) is 52.1 Å². The van der Waals surface area contributed by atoms with Crippen LogP contribution in [0.2, 0.25) is 5.02 Å². The number of anilines is 1. The summed E-state index contributed by atoms with van der Waals surface area (Å²) in [6, 6.07) is 11.6. The zero-order valence-corrected chi connectivity index (χ0v) is 14.7. The van der Waals surface area contributed by atoms with Crippen LogP contribution in [-0.2, 0) is 4.79 Å². The lowest BCUT2D eigenvalue weighted by Crippen LogP contribution is -2.14. The minimum atomic E-state index is -0.538. The molecule has 25 heavy (non-hydrogen) atoms. The smallest absolute Gasteiger partial charge is 0.277 e. The Labute approximate surface area is 152 Å². The highest BCUT2D eigenvalue weighted by Gasteiger charge is 2.13. The largest absolute Gasteiger partial charge is 0.411 e. The average molecular weight is 378 g/mol. The minimum absolute atomic E-state index is 0.0507. The maximum atomic E-state index is 13.1. The molecule has 0 bridgehead atoms. The highest BCUT2D eigenvalue weighted by atomic mass is 35.5. The van der Waals surface area contributed by atoms with Crippen LogP contribution >= 0.6 is 23.4 Å². The number of thioether (sulfide) groups is 1. The molecule has 3 rings (SSSR count). The van der Waals surface area contributed by atoms with E-state index in [1.807, 2.05) is 31.2 Å². The van der Waals surface area contributed by atoms with Gasteiger partial charge in [0, 0.05) is 11.3 Å². The zero-order chi connectivity index (χ0) is 17.8. The van der Waals surface area contributed by atoms with Gasteiger partial charge in [-0.25, -0.2) is 4.39 Å². The van der Waals surface area contributed by atoms with Gasteiger partial charge < -0.3 is 9.73 Å². The molecule has 0 aliphatic heterocycles. The van der Waals surface area contributed by atoms with Crippen molar-refractivity contribution in [1.29, 1.82) is 0 Å². The maximum Gasteiger partial charge on any atom is 0.277 e. The van der Waals surface area contributed by atoms with E-state index in [0.29, 0.717) is 16.8 Å². The van der Waals surface area contributed by atoms with Crippen LogP contribution in [0.5, 0.6) is 0 Å². The summed E-state index contributed by atoms with van der Waals surface area (Å²) >= 11 is 6.80. The summed E-state index contributed by atoms with van der Waals surface area (Å²) in [5.41, 5.74) is 2.30. The molecule has 8 heteroatoms. The van der Waals surface area contributed by atoms with E-state index in [4.69, 9.17) is 16.0 Å². The van der Waals surface area contributed by atoms with E-state index >= 15 is 0 Å². The number of aromatic nitrogens is 2. The monoisotopic (exact) mass is 377 g/mol. The molecular weight excluding hydrogens is 365 g/mol. The third-order valence-electron chi connectivity index (χ3n) is 3.31. The molecule has 1 N–H and O–H groups in total. The first-order valence-electron chi connectivity index (χ1n) is 7.30. The second-order valence-corrected chi connectivity index (χ2v) is 6.49. The van der Waals surface area contributed by atoms with Gasteiger partial charge in [-0.05, 0) is 36.8 Å². The molecule has 128 valence electrons. The number of hydrogen-bond acceptors (Lipinski definition) is 5. The van der Waals surface area contributed by atoms with Crippen molar-refractivity contribution >= 4 is 35.0 Å². The summed E-state index contributed by atoms with van der Waals surface area (Å²) in [5, 5.41) is 10.8. The molecule has 3 aromatic rings. The van der Waals surface area contributed by atoms with Crippen LogP contribution < -0.4 is 5.32 Å². The van der Waals surface area contributed by atoms with Crippen molar-refractivity contribution in [3.8, 4) is 11.5 Å². The average Bonchev–Trinajstić information content (AvgIpc) is 3.05. The third kappa shape index (κ3) is 4.37. The van der Waals surface area contributed by atoms with Gasteiger partial charge in [-0.2, -0.15) is 0 Å². The fourth-order valence-electron chi connectivity index (χ4n) is 2.09. The SMILES string of the molecule is Cc1ccccc1-c1nnc(SCC(=O)Nc2ccc(F)c(Cl)c2)o1. The second kappa shape index (κ2) is 7.67. The summed E-state index contributed by atoms with van der Waals surface area (Å²) in [6.45, 7) is 1.95. The van der Waals surface area contributed by atoms with E-state index in [0.717, 1.165) is 22.9 Å². The van der Waals surface area contributed by atoms with Crippen molar-refractivity contribution in [1.82, 2.24) is 10.2 Å². The molecule has 0 unspecified atom stereocenters. The van der Waals surface area contributed by atoms with Crippen molar-refractivity contribution in [2.45, 2.75) is 12.1 Å². The molecule has 1 heterocycles.